The molecule has 19 heavy (non-hydrogen) atoms. The minimum atomic E-state index is 0.582. The van der Waals surface area contributed by atoms with Crippen LogP contribution in [0.4, 0.5) is 0 Å². The Kier molecular flexibility index (Phi) is 5.34. The van der Waals surface area contributed by atoms with E-state index in [1.165, 1.54) is 36.6 Å². The lowest BCUT2D eigenvalue weighted by Gasteiger charge is -2.14. The minimum Gasteiger partial charge on any atom is -0.310 e. The van der Waals surface area contributed by atoms with Crippen molar-refractivity contribution in [1.29, 1.82) is 0 Å². The first-order valence-electron chi connectivity index (χ1n) is 7.37. The van der Waals surface area contributed by atoms with Crippen molar-refractivity contribution in [3.63, 3.8) is 0 Å². The molecule has 1 heterocycles. The lowest BCUT2D eigenvalue weighted by atomic mass is 10.1. The number of pyridine rings is 1. The number of aromatic nitrogens is 1. The zero-order valence-electron chi connectivity index (χ0n) is 12.0. The van der Waals surface area contributed by atoms with Gasteiger partial charge in [-0.1, -0.05) is 44.4 Å². The van der Waals surface area contributed by atoms with E-state index in [4.69, 9.17) is 0 Å². The third-order valence-electron chi connectivity index (χ3n) is 3.62. The van der Waals surface area contributed by atoms with Crippen molar-refractivity contribution in [3.8, 4) is 0 Å². The Labute approximate surface area is 116 Å². The van der Waals surface area contributed by atoms with E-state index in [0.29, 0.717) is 6.04 Å². The molecule has 2 aromatic rings. The summed E-state index contributed by atoms with van der Waals surface area (Å²) in [7, 11) is 0. The Hall–Kier alpha value is -1.41. The molecule has 0 amide bonds. The van der Waals surface area contributed by atoms with Crippen molar-refractivity contribution in [2.24, 2.45) is 0 Å². The van der Waals surface area contributed by atoms with Gasteiger partial charge in [-0.15, -0.1) is 0 Å². The van der Waals surface area contributed by atoms with Crippen LogP contribution in [0, 0.1) is 0 Å². The fourth-order valence-corrected chi connectivity index (χ4v) is 2.40. The first-order valence-corrected chi connectivity index (χ1v) is 7.37. The highest BCUT2D eigenvalue weighted by atomic mass is 14.9. The standard InChI is InChI=1S/C17H24N2/c1-3-4-5-8-14(2)19-13-15-11-12-18-17-10-7-6-9-16(15)17/h6-7,9-12,14,19H,3-5,8,13H2,1-2H3. The van der Waals surface area contributed by atoms with Crippen LogP contribution in [-0.4, -0.2) is 11.0 Å². The number of rotatable bonds is 7. The molecule has 2 heteroatoms. The lowest BCUT2D eigenvalue weighted by Crippen LogP contribution is -2.25. The third-order valence-corrected chi connectivity index (χ3v) is 3.62. The predicted octanol–water partition coefficient (Wildman–Crippen LogP) is 4.29. The number of fused-ring (bicyclic) bond motifs is 1. The van der Waals surface area contributed by atoms with E-state index in [1.54, 1.807) is 0 Å². The summed E-state index contributed by atoms with van der Waals surface area (Å²) in [6, 6.07) is 11.1. The van der Waals surface area contributed by atoms with E-state index >= 15 is 0 Å². The van der Waals surface area contributed by atoms with Crippen LogP contribution in [0.3, 0.4) is 0 Å². The minimum absolute atomic E-state index is 0.582. The highest BCUT2D eigenvalue weighted by Crippen LogP contribution is 2.16. The number of unbranched alkanes of at least 4 members (excludes halogenated alkanes) is 2. The smallest absolute Gasteiger partial charge is 0.0705 e. The second-order valence-electron chi connectivity index (χ2n) is 5.26. The summed E-state index contributed by atoms with van der Waals surface area (Å²) in [6.07, 6.45) is 7.12. The average molecular weight is 256 g/mol. The van der Waals surface area contributed by atoms with Gasteiger partial charge >= 0.3 is 0 Å². The number of hydrogen-bond donors (Lipinski definition) is 1. The number of nitrogens with zero attached hydrogens (tertiary/aromatic N) is 1. The van der Waals surface area contributed by atoms with Crippen LogP contribution in [0.5, 0.6) is 0 Å². The molecule has 0 radical (unpaired) electrons. The highest BCUT2D eigenvalue weighted by Gasteiger charge is 2.04. The quantitative estimate of drug-likeness (QED) is 0.747. The van der Waals surface area contributed by atoms with Gasteiger partial charge in [0.1, 0.15) is 0 Å². The van der Waals surface area contributed by atoms with Crippen molar-refractivity contribution in [3.05, 3.63) is 42.1 Å². The Bertz CT molecular complexity index is 502. The van der Waals surface area contributed by atoms with Gasteiger partial charge in [0.05, 0.1) is 5.52 Å². The molecule has 0 bridgehead atoms. The fraction of sp³-hybridized carbons (Fsp3) is 0.471. The van der Waals surface area contributed by atoms with Gasteiger partial charge < -0.3 is 5.32 Å². The molecule has 2 rings (SSSR count). The van der Waals surface area contributed by atoms with Crippen molar-refractivity contribution in [2.75, 3.05) is 0 Å². The molecule has 2 nitrogen and oxygen atoms in total. The highest BCUT2D eigenvalue weighted by molar-refractivity contribution is 5.81. The summed E-state index contributed by atoms with van der Waals surface area (Å²) in [6.45, 7) is 5.45. The molecular formula is C17H24N2. The molecule has 1 atom stereocenters. The molecule has 1 unspecified atom stereocenters. The van der Waals surface area contributed by atoms with E-state index < -0.39 is 0 Å². The van der Waals surface area contributed by atoms with Crippen LogP contribution in [0.1, 0.15) is 45.1 Å². The molecule has 0 saturated carbocycles. The molecule has 1 aromatic carbocycles. The van der Waals surface area contributed by atoms with Crippen molar-refractivity contribution in [1.82, 2.24) is 10.3 Å². The van der Waals surface area contributed by atoms with Gasteiger partial charge in [-0.05, 0) is 31.0 Å². The number of benzene rings is 1. The van der Waals surface area contributed by atoms with Gasteiger partial charge in [-0.25, -0.2) is 0 Å². The molecule has 1 aromatic heterocycles. The molecule has 0 spiro atoms. The maximum absolute atomic E-state index is 4.40. The summed E-state index contributed by atoms with van der Waals surface area (Å²) in [5, 5.41) is 4.88. The summed E-state index contributed by atoms with van der Waals surface area (Å²) >= 11 is 0. The van der Waals surface area contributed by atoms with E-state index in [-0.39, 0.29) is 0 Å². The van der Waals surface area contributed by atoms with Crippen LogP contribution in [-0.2, 0) is 6.54 Å². The summed E-state index contributed by atoms with van der Waals surface area (Å²) < 4.78 is 0. The van der Waals surface area contributed by atoms with Gasteiger partial charge in [-0.3, -0.25) is 4.98 Å². The van der Waals surface area contributed by atoms with Crippen molar-refractivity contribution in [2.45, 2.75) is 52.1 Å². The SMILES string of the molecule is CCCCCC(C)NCc1ccnc2ccccc12. The molecule has 0 saturated heterocycles. The largest absolute Gasteiger partial charge is 0.310 e. The summed E-state index contributed by atoms with van der Waals surface area (Å²) in [5.74, 6) is 0. The van der Waals surface area contributed by atoms with Crippen LogP contribution in [0.2, 0.25) is 0 Å². The molecule has 0 aliphatic carbocycles. The Morgan fingerprint density at radius 1 is 1.16 bits per heavy atom. The molecule has 1 N–H and O–H groups in total. The molecule has 0 aliphatic heterocycles. The predicted molar refractivity (Wildman–Crippen MR) is 82.2 cm³/mol. The van der Waals surface area contributed by atoms with E-state index in [0.717, 1.165) is 12.1 Å². The number of nitrogens with one attached hydrogen (secondary N) is 1. The first-order chi connectivity index (χ1) is 9.31. The zero-order chi connectivity index (χ0) is 13.5. The average Bonchev–Trinajstić information content (AvgIpc) is 2.45. The Morgan fingerprint density at radius 3 is 2.84 bits per heavy atom. The van der Waals surface area contributed by atoms with Crippen molar-refractivity contribution >= 4 is 10.9 Å². The maximum Gasteiger partial charge on any atom is 0.0705 e. The van der Waals surface area contributed by atoms with Crippen LogP contribution in [0.15, 0.2) is 36.5 Å². The van der Waals surface area contributed by atoms with Gasteiger partial charge in [0.2, 0.25) is 0 Å². The summed E-state index contributed by atoms with van der Waals surface area (Å²) in [5.41, 5.74) is 2.42. The van der Waals surface area contributed by atoms with Crippen molar-refractivity contribution < 1.29 is 0 Å². The lowest BCUT2D eigenvalue weighted by molar-refractivity contribution is 0.488. The Balaban J connectivity index is 1.94. The van der Waals surface area contributed by atoms with Gasteiger partial charge in [0, 0.05) is 24.2 Å². The second-order valence-corrected chi connectivity index (χ2v) is 5.26. The normalized spacial score (nSPS) is 12.7. The third kappa shape index (κ3) is 4.03. The monoisotopic (exact) mass is 256 g/mol. The van der Waals surface area contributed by atoms with Crippen LogP contribution >= 0.6 is 0 Å². The second kappa shape index (κ2) is 7.25. The summed E-state index contributed by atoms with van der Waals surface area (Å²) in [4.78, 5) is 4.40. The van der Waals surface area contributed by atoms with Crippen LogP contribution in [0.25, 0.3) is 10.9 Å². The van der Waals surface area contributed by atoms with E-state index in [2.05, 4.69) is 48.4 Å². The van der Waals surface area contributed by atoms with Gasteiger partial charge in [-0.2, -0.15) is 0 Å². The van der Waals surface area contributed by atoms with Gasteiger partial charge in [0.15, 0.2) is 0 Å². The van der Waals surface area contributed by atoms with E-state index in [9.17, 15) is 0 Å². The van der Waals surface area contributed by atoms with Gasteiger partial charge in [0.25, 0.3) is 0 Å². The number of hydrogen-bond acceptors (Lipinski definition) is 2. The molecule has 0 aliphatic rings. The molecule has 102 valence electrons. The maximum atomic E-state index is 4.40. The van der Waals surface area contributed by atoms with E-state index in [1.807, 2.05) is 12.3 Å². The zero-order valence-corrected chi connectivity index (χ0v) is 12.0. The molecular weight excluding hydrogens is 232 g/mol. The number of para-hydroxylation sites is 1. The topological polar surface area (TPSA) is 24.9 Å². The first kappa shape index (κ1) is 14.0. The fourth-order valence-electron chi connectivity index (χ4n) is 2.40. The molecule has 0 fully saturated rings. The van der Waals surface area contributed by atoms with Crippen LogP contribution < -0.4 is 5.32 Å². The Morgan fingerprint density at radius 2 is 2.00 bits per heavy atom.